The van der Waals surface area contributed by atoms with Crippen LogP contribution in [0.1, 0.15) is 65.2 Å². The Morgan fingerprint density at radius 1 is 1.16 bits per heavy atom. The monoisotopic (exact) mass is 268 g/mol. The number of hydrogen-bond donors (Lipinski definition) is 2. The number of rotatable bonds is 5. The Morgan fingerprint density at radius 3 is 2.47 bits per heavy atom. The highest BCUT2D eigenvalue weighted by atomic mass is 16.3. The van der Waals surface area contributed by atoms with Crippen LogP contribution in [0.25, 0.3) is 0 Å². The van der Waals surface area contributed by atoms with E-state index in [2.05, 4.69) is 24.1 Å². The maximum atomic E-state index is 10.8. The van der Waals surface area contributed by atoms with Crippen LogP contribution in [0.4, 0.5) is 0 Å². The molecular weight excluding hydrogens is 236 g/mol. The predicted octanol–water partition coefficient (Wildman–Crippen LogP) is 2.53. The molecule has 0 aromatic heterocycles. The predicted molar refractivity (Wildman–Crippen MR) is 80.4 cm³/mol. The summed E-state index contributed by atoms with van der Waals surface area (Å²) in [7, 11) is 0. The molecule has 0 aromatic carbocycles. The normalized spacial score (nSPS) is 27.9. The van der Waals surface area contributed by atoms with Crippen molar-refractivity contribution in [2.24, 2.45) is 0 Å². The summed E-state index contributed by atoms with van der Waals surface area (Å²) in [4.78, 5) is 2.49. The zero-order valence-corrected chi connectivity index (χ0v) is 12.8. The Bertz CT molecular complexity index is 255. The average molecular weight is 268 g/mol. The molecule has 1 atom stereocenters. The standard InChI is InChI=1S/C16H32N2O/c1-14(2)18(12-15-8-4-7-11-17-15)13-16(19)9-5-3-6-10-16/h14-15,17,19H,3-13H2,1-2H3. The van der Waals surface area contributed by atoms with E-state index >= 15 is 0 Å². The fourth-order valence-corrected chi connectivity index (χ4v) is 3.57. The second-order valence-electron chi connectivity index (χ2n) is 6.96. The molecule has 19 heavy (non-hydrogen) atoms. The van der Waals surface area contributed by atoms with E-state index in [0.29, 0.717) is 12.1 Å². The molecule has 0 aromatic rings. The van der Waals surface area contributed by atoms with Crippen molar-refractivity contribution >= 4 is 0 Å². The third-order valence-electron chi connectivity index (χ3n) is 4.88. The molecule has 1 unspecified atom stereocenters. The highest BCUT2D eigenvalue weighted by Crippen LogP contribution is 2.29. The quantitative estimate of drug-likeness (QED) is 0.804. The Hall–Kier alpha value is -0.120. The van der Waals surface area contributed by atoms with E-state index in [4.69, 9.17) is 0 Å². The van der Waals surface area contributed by atoms with Gasteiger partial charge < -0.3 is 10.4 Å². The van der Waals surface area contributed by atoms with Gasteiger partial charge in [0.05, 0.1) is 5.60 Å². The highest BCUT2D eigenvalue weighted by molar-refractivity contribution is 4.88. The first-order chi connectivity index (χ1) is 9.09. The maximum absolute atomic E-state index is 10.8. The van der Waals surface area contributed by atoms with E-state index < -0.39 is 5.60 Å². The minimum atomic E-state index is -0.419. The van der Waals surface area contributed by atoms with Gasteiger partial charge in [-0.05, 0) is 46.1 Å². The van der Waals surface area contributed by atoms with Crippen molar-refractivity contribution < 1.29 is 5.11 Å². The molecule has 3 nitrogen and oxygen atoms in total. The summed E-state index contributed by atoms with van der Waals surface area (Å²) in [6.07, 6.45) is 9.66. The van der Waals surface area contributed by atoms with E-state index in [1.165, 1.54) is 45.1 Å². The Morgan fingerprint density at radius 2 is 1.89 bits per heavy atom. The molecule has 2 N–H and O–H groups in total. The van der Waals surface area contributed by atoms with Crippen molar-refractivity contribution in [3.05, 3.63) is 0 Å². The highest BCUT2D eigenvalue weighted by Gasteiger charge is 2.32. The molecule has 1 aliphatic heterocycles. The van der Waals surface area contributed by atoms with Gasteiger partial charge in [-0.2, -0.15) is 0 Å². The Labute approximate surface area is 118 Å². The van der Waals surface area contributed by atoms with Crippen molar-refractivity contribution in [1.82, 2.24) is 10.2 Å². The third kappa shape index (κ3) is 4.73. The van der Waals surface area contributed by atoms with Crippen LogP contribution in [-0.2, 0) is 0 Å². The number of nitrogens with zero attached hydrogens (tertiary/aromatic N) is 1. The lowest BCUT2D eigenvalue weighted by atomic mass is 9.84. The molecule has 0 amide bonds. The number of aliphatic hydroxyl groups is 1. The summed E-state index contributed by atoms with van der Waals surface area (Å²) in [5, 5.41) is 14.4. The van der Waals surface area contributed by atoms with Crippen LogP contribution < -0.4 is 5.32 Å². The second kappa shape index (κ2) is 7.05. The number of nitrogens with one attached hydrogen (secondary N) is 1. The molecule has 2 fully saturated rings. The van der Waals surface area contributed by atoms with Crippen LogP contribution in [0, 0.1) is 0 Å². The van der Waals surface area contributed by atoms with Crippen LogP contribution >= 0.6 is 0 Å². The molecule has 2 rings (SSSR count). The molecule has 0 spiro atoms. The van der Waals surface area contributed by atoms with Gasteiger partial charge in [0, 0.05) is 25.2 Å². The zero-order chi connectivity index (χ0) is 13.7. The van der Waals surface area contributed by atoms with Crippen LogP contribution in [0.3, 0.4) is 0 Å². The first-order valence-corrected chi connectivity index (χ1v) is 8.29. The minimum Gasteiger partial charge on any atom is -0.389 e. The van der Waals surface area contributed by atoms with Gasteiger partial charge in [0.15, 0.2) is 0 Å². The van der Waals surface area contributed by atoms with Gasteiger partial charge in [-0.1, -0.05) is 25.7 Å². The fraction of sp³-hybridized carbons (Fsp3) is 1.00. The first-order valence-electron chi connectivity index (χ1n) is 8.29. The van der Waals surface area contributed by atoms with E-state index in [0.717, 1.165) is 25.9 Å². The van der Waals surface area contributed by atoms with Crippen molar-refractivity contribution in [2.75, 3.05) is 19.6 Å². The lowest BCUT2D eigenvalue weighted by molar-refractivity contribution is -0.0353. The molecule has 0 radical (unpaired) electrons. The molecule has 3 heteroatoms. The van der Waals surface area contributed by atoms with Crippen molar-refractivity contribution in [1.29, 1.82) is 0 Å². The molecular formula is C16H32N2O. The second-order valence-corrected chi connectivity index (χ2v) is 6.96. The summed E-state index contributed by atoms with van der Waals surface area (Å²) in [6.45, 7) is 7.65. The summed E-state index contributed by atoms with van der Waals surface area (Å²) in [5.41, 5.74) is -0.419. The molecule has 1 heterocycles. The number of hydrogen-bond acceptors (Lipinski definition) is 3. The molecule has 112 valence electrons. The third-order valence-corrected chi connectivity index (χ3v) is 4.88. The fourth-order valence-electron chi connectivity index (χ4n) is 3.57. The van der Waals surface area contributed by atoms with E-state index in [1.807, 2.05) is 0 Å². The SMILES string of the molecule is CC(C)N(CC1CCCCN1)CC1(O)CCCCC1. The van der Waals surface area contributed by atoms with Crippen molar-refractivity contribution in [3.63, 3.8) is 0 Å². The van der Waals surface area contributed by atoms with Crippen LogP contribution in [0.15, 0.2) is 0 Å². The van der Waals surface area contributed by atoms with E-state index in [-0.39, 0.29) is 0 Å². The molecule has 2 aliphatic rings. The topological polar surface area (TPSA) is 35.5 Å². The van der Waals surface area contributed by atoms with Crippen LogP contribution in [0.5, 0.6) is 0 Å². The molecule has 0 bridgehead atoms. The average Bonchev–Trinajstić information content (AvgIpc) is 2.39. The summed E-state index contributed by atoms with van der Waals surface area (Å²) < 4.78 is 0. The van der Waals surface area contributed by atoms with Crippen LogP contribution in [-0.4, -0.2) is 47.3 Å². The Kier molecular flexibility index (Phi) is 5.67. The lowest BCUT2D eigenvalue weighted by Crippen LogP contribution is -2.52. The van der Waals surface area contributed by atoms with Crippen molar-refractivity contribution in [3.8, 4) is 0 Å². The van der Waals surface area contributed by atoms with Gasteiger partial charge in [0.2, 0.25) is 0 Å². The number of piperidine rings is 1. The van der Waals surface area contributed by atoms with Crippen molar-refractivity contribution in [2.45, 2.75) is 82.9 Å². The lowest BCUT2D eigenvalue weighted by Gasteiger charge is -2.40. The van der Waals surface area contributed by atoms with Gasteiger partial charge in [-0.15, -0.1) is 0 Å². The summed E-state index contributed by atoms with van der Waals surface area (Å²) in [5.74, 6) is 0. The van der Waals surface area contributed by atoms with E-state index in [9.17, 15) is 5.11 Å². The van der Waals surface area contributed by atoms with Gasteiger partial charge in [0.25, 0.3) is 0 Å². The molecule has 1 saturated carbocycles. The van der Waals surface area contributed by atoms with E-state index in [1.54, 1.807) is 0 Å². The van der Waals surface area contributed by atoms with Gasteiger partial charge >= 0.3 is 0 Å². The summed E-state index contributed by atoms with van der Waals surface area (Å²) >= 11 is 0. The van der Waals surface area contributed by atoms with Gasteiger partial charge in [-0.25, -0.2) is 0 Å². The van der Waals surface area contributed by atoms with Gasteiger partial charge in [0.1, 0.15) is 0 Å². The summed E-state index contributed by atoms with van der Waals surface area (Å²) in [6, 6.07) is 1.15. The molecule has 1 saturated heterocycles. The largest absolute Gasteiger partial charge is 0.389 e. The van der Waals surface area contributed by atoms with Gasteiger partial charge in [-0.3, -0.25) is 4.90 Å². The Balaban J connectivity index is 1.87. The molecule has 1 aliphatic carbocycles. The zero-order valence-electron chi connectivity index (χ0n) is 12.8. The first kappa shape index (κ1) is 15.3. The minimum absolute atomic E-state index is 0.419. The van der Waals surface area contributed by atoms with Crippen LogP contribution in [0.2, 0.25) is 0 Å². The maximum Gasteiger partial charge on any atom is 0.0774 e. The smallest absolute Gasteiger partial charge is 0.0774 e.